The molecule has 140 valence electrons. The van der Waals surface area contributed by atoms with Gasteiger partial charge in [0, 0.05) is 48.8 Å². The summed E-state index contributed by atoms with van der Waals surface area (Å²) in [5.41, 5.74) is 4.33. The van der Waals surface area contributed by atoms with Gasteiger partial charge in [-0.1, -0.05) is 6.07 Å². The van der Waals surface area contributed by atoms with Gasteiger partial charge >= 0.3 is 6.03 Å². The van der Waals surface area contributed by atoms with E-state index in [1.54, 1.807) is 15.8 Å². The van der Waals surface area contributed by atoms with Gasteiger partial charge < -0.3 is 15.3 Å². The van der Waals surface area contributed by atoms with Crippen LogP contribution in [0.5, 0.6) is 0 Å². The molecule has 0 saturated heterocycles. The molecular formula is C19H22N6O2. The fourth-order valence-corrected chi connectivity index (χ4v) is 3.47. The van der Waals surface area contributed by atoms with E-state index >= 15 is 0 Å². The lowest BCUT2D eigenvalue weighted by Crippen LogP contribution is -2.39. The number of fused-ring (bicyclic) bond motifs is 1. The second-order valence-electron chi connectivity index (χ2n) is 6.45. The van der Waals surface area contributed by atoms with Crippen LogP contribution in [0.4, 0.5) is 10.5 Å². The van der Waals surface area contributed by atoms with E-state index in [1.807, 2.05) is 48.1 Å². The minimum atomic E-state index is -0.161. The first-order chi connectivity index (χ1) is 13.2. The predicted molar refractivity (Wildman–Crippen MR) is 101 cm³/mol. The van der Waals surface area contributed by atoms with Crippen LogP contribution in [0, 0.1) is 0 Å². The molecule has 0 atom stereocenters. The lowest BCUT2D eigenvalue weighted by Gasteiger charge is -2.28. The molecule has 0 fully saturated rings. The molecule has 27 heavy (non-hydrogen) atoms. The summed E-state index contributed by atoms with van der Waals surface area (Å²) >= 11 is 0. The van der Waals surface area contributed by atoms with Crippen molar-refractivity contribution in [2.75, 3.05) is 11.9 Å². The summed E-state index contributed by atoms with van der Waals surface area (Å²) in [7, 11) is 0. The molecule has 0 saturated carbocycles. The van der Waals surface area contributed by atoms with Gasteiger partial charge in [0.15, 0.2) is 0 Å². The lowest BCUT2D eigenvalue weighted by atomic mass is 10.1. The van der Waals surface area contributed by atoms with Crippen LogP contribution in [0.25, 0.3) is 5.69 Å². The fraction of sp³-hybridized carbons (Fsp3) is 0.316. The van der Waals surface area contributed by atoms with E-state index < -0.39 is 0 Å². The SMILES string of the molecule is CCn1nc(CO)c2c1CCN(C(=O)Nc1cccc(-n3cccn3)c1)C2. The van der Waals surface area contributed by atoms with Gasteiger partial charge in [-0.25, -0.2) is 9.48 Å². The number of rotatable bonds is 4. The van der Waals surface area contributed by atoms with E-state index in [-0.39, 0.29) is 12.6 Å². The number of aliphatic hydroxyl groups is 1. The zero-order valence-electron chi connectivity index (χ0n) is 15.2. The van der Waals surface area contributed by atoms with Crippen molar-refractivity contribution >= 4 is 11.7 Å². The third-order valence-corrected chi connectivity index (χ3v) is 4.82. The molecule has 8 heteroatoms. The van der Waals surface area contributed by atoms with Gasteiger partial charge in [0.2, 0.25) is 0 Å². The van der Waals surface area contributed by atoms with E-state index in [4.69, 9.17) is 0 Å². The Balaban J connectivity index is 1.50. The van der Waals surface area contributed by atoms with Crippen molar-refractivity contribution in [3.63, 3.8) is 0 Å². The minimum absolute atomic E-state index is 0.114. The molecule has 2 amide bonds. The average molecular weight is 366 g/mol. The molecule has 0 aliphatic carbocycles. The summed E-state index contributed by atoms with van der Waals surface area (Å²) in [6.07, 6.45) is 4.30. The fourth-order valence-electron chi connectivity index (χ4n) is 3.47. The number of carbonyl (C=O) groups is 1. The van der Waals surface area contributed by atoms with Crippen LogP contribution in [-0.2, 0) is 26.1 Å². The topological polar surface area (TPSA) is 88.2 Å². The number of urea groups is 1. The van der Waals surface area contributed by atoms with E-state index in [0.717, 1.165) is 29.9 Å². The molecule has 1 aromatic carbocycles. The molecular weight excluding hydrogens is 344 g/mol. The molecule has 2 N–H and O–H groups in total. The zero-order chi connectivity index (χ0) is 18.8. The minimum Gasteiger partial charge on any atom is -0.390 e. The van der Waals surface area contributed by atoms with Crippen molar-refractivity contribution in [2.45, 2.75) is 33.0 Å². The van der Waals surface area contributed by atoms with Crippen molar-refractivity contribution in [1.82, 2.24) is 24.5 Å². The Hall–Kier alpha value is -3.13. The van der Waals surface area contributed by atoms with Gasteiger partial charge in [0.25, 0.3) is 0 Å². The van der Waals surface area contributed by atoms with Crippen molar-refractivity contribution in [2.24, 2.45) is 0 Å². The Labute approximate surface area is 157 Å². The van der Waals surface area contributed by atoms with Crippen LogP contribution in [0.2, 0.25) is 0 Å². The van der Waals surface area contributed by atoms with Crippen molar-refractivity contribution in [3.05, 3.63) is 59.7 Å². The van der Waals surface area contributed by atoms with E-state index in [0.29, 0.717) is 24.5 Å². The number of anilines is 1. The number of nitrogens with one attached hydrogen (secondary N) is 1. The smallest absolute Gasteiger partial charge is 0.322 e. The molecule has 0 radical (unpaired) electrons. The molecule has 3 aromatic rings. The van der Waals surface area contributed by atoms with Gasteiger partial charge in [-0.05, 0) is 31.2 Å². The van der Waals surface area contributed by atoms with Crippen LogP contribution in [0.3, 0.4) is 0 Å². The largest absolute Gasteiger partial charge is 0.390 e. The highest BCUT2D eigenvalue weighted by atomic mass is 16.3. The predicted octanol–water partition coefficient (Wildman–Crippen LogP) is 2.17. The molecule has 4 rings (SSSR count). The molecule has 2 aromatic heterocycles. The summed E-state index contributed by atoms with van der Waals surface area (Å²) in [4.78, 5) is 14.5. The normalized spacial score (nSPS) is 13.5. The Kier molecular flexibility index (Phi) is 4.64. The van der Waals surface area contributed by atoms with Crippen LogP contribution < -0.4 is 5.32 Å². The van der Waals surface area contributed by atoms with Gasteiger partial charge in [-0.3, -0.25) is 4.68 Å². The summed E-state index contributed by atoms with van der Waals surface area (Å²) in [6, 6.07) is 9.25. The number of aliphatic hydroxyl groups excluding tert-OH is 1. The third kappa shape index (κ3) is 3.31. The molecule has 0 spiro atoms. The van der Waals surface area contributed by atoms with Crippen molar-refractivity contribution < 1.29 is 9.90 Å². The molecule has 0 unspecified atom stereocenters. The van der Waals surface area contributed by atoms with Crippen LogP contribution >= 0.6 is 0 Å². The van der Waals surface area contributed by atoms with Crippen LogP contribution in [-0.4, -0.2) is 42.1 Å². The van der Waals surface area contributed by atoms with E-state index in [1.165, 1.54) is 0 Å². The van der Waals surface area contributed by atoms with Gasteiger partial charge in [-0.15, -0.1) is 0 Å². The Morgan fingerprint density at radius 1 is 1.33 bits per heavy atom. The van der Waals surface area contributed by atoms with Crippen molar-refractivity contribution in [1.29, 1.82) is 0 Å². The van der Waals surface area contributed by atoms with Gasteiger partial charge in [0.05, 0.1) is 24.5 Å². The van der Waals surface area contributed by atoms with Crippen LogP contribution in [0.1, 0.15) is 23.9 Å². The number of aromatic nitrogens is 4. The number of hydrogen-bond acceptors (Lipinski definition) is 4. The molecule has 1 aliphatic heterocycles. The number of aryl methyl sites for hydroxylation is 1. The standard InChI is InChI=1S/C19H22N6O2/c1-2-24-18-7-10-23(12-16(18)17(13-26)22-24)19(27)21-14-5-3-6-15(11-14)25-9-4-8-20-25/h3-6,8-9,11,26H,2,7,10,12-13H2,1H3,(H,21,27). The molecule has 1 aliphatic rings. The number of amides is 2. The molecule has 0 bridgehead atoms. The monoisotopic (exact) mass is 366 g/mol. The Morgan fingerprint density at radius 3 is 2.96 bits per heavy atom. The van der Waals surface area contributed by atoms with E-state index in [9.17, 15) is 9.90 Å². The highest BCUT2D eigenvalue weighted by Crippen LogP contribution is 2.24. The maximum Gasteiger partial charge on any atom is 0.322 e. The number of nitrogens with zero attached hydrogens (tertiary/aromatic N) is 5. The average Bonchev–Trinajstić information content (AvgIpc) is 3.35. The Bertz CT molecular complexity index is 947. The van der Waals surface area contributed by atoms with Crippen molar-refractivity contribution in [3.8, 4) is 5.69 Å². The van der Waals surface area contributed by atoms with Gasteiger partial charge in [-0.2, -0.15) is 10.2 Å². The highest BCUT2D eigenvalue weighted by molar-refractivity contribution is 5.89. The van der Waals surface area contributed by atoms with E-state index in [2.05, 4.69) is 15.5 Å². The second-order valence-corrected chi connectivity index (χ2v) is 6.45. The highest BCUT2D eigenvalue weighted by Gasteiger charge is 2.26. The first-order valence-corrected chi connectivity index (χ1v) is 9.04. The number of benzene rings is 1. The number of carbonyl (C=O) groups excluding carboxylic acids is 1. The summed E-state index contributed by atoms with van der Waals surface area (Å²) in [5, 5.41) is 21.2. The molecule has 3 heterocycles. The Morgan fingerprint density at radius 2 is 2.22 bits per heavy atom. The summed E-state index contributed by atoms with van der Waals surface area (Å²) in [5.74, 6) is 0. The first kappa shape index (κ1) is 17.3. The maximum absolute atomic E-state index is 12.8. The lowest BCUT2D eigenvalue weighted by molar-refractivity contribution is 0.204. The number of hydrogen-bond donors (Lipinski definition) is 2. The second kappa shape index (κ2) is 7.24. The summed E-state index contributed by atoms with van der Waals surface area (Å²) < 4.78 is 3.67. The zero-order valence-corrected chi connectivity index (χ0v) is 15.2. The van der Waals surface area contributed by atoms with Crippen LogP contribution in [0.15, 0.2) is 42.7 Å². The third-order valence-electron chi connectivity index (χ3n) is 4.82. The first-order valence-electron chi connectivity index (χ1n) is 9.04. The molecule has 8 nitrogen and oxygen atoms in total. The van der Waals surface area contributed by atoms with Gasteiger partial charge in [0.1, 0.15) is 0 Å². The maximum atomic E-state index is 12.8. The quantitative estimate of drug-likeness (QED) is 0.741. The summed E-state index contributed by atoms with van der Waals surface area (Å²) in [6.45, 7) is 3.75.